The van der Waals surface area contributed by atoms with Crippen LogP contribution < -0.4 is 5.56 Å². The molecule has 0 amide bonds. The molecule has 1 N–H and O–H groups in total. The predicted octanol–water partition coefficient (Wildman–Crippen LogP) is 6.06. The van der Waals surface area contributed by atoms with Crippen molar-refractivity contribution in [1.29, 1.82) is 0 Å². The van der Waals surface area contributed by atoms with Crippen LogP contribution in [0, 0.1) is 20.8 Å². The molecule has 188 valence electrons. The van der Waals surface area contributed by atoms with Gasteiger partial charge in [0.2, 0.25) is 0 Å². The third-order valence-corrected chi connectivity index (χ3v) is 8.80. The minimum Gasteiger partial charge on any atom is -0.303 e. The number of pyridine rings is 3. The molecule has 0 radical (unpaired) electrons. The molecule has 0 aliphatic rings. The Morgan fingerprint density at radius 2 is 1.78 bits per heavy atom. The molecule has 0 saturated heterocycles. The summed E-state index contributed by atoms with van der Waals surface area (Å²) >= 11 is 7.60. The average molecular weight is 552 g/mol. The van der Waals surface area contributed by atoms with Crippen molar-refractivity contribution < 1.29 is 13.0 Å². The molecule has 10 heteroatoms. The number of nitrogens with zero attached hydrogens (tertiary/aromatic N) is 3. The maximum Gasteiger partial charge on any atom is 0.304 e. The molecule has 1 aromatic carbocycles. The summed E-state index contributed by atoms with van der Waals surface area (Å²) in [5.74, 6) is 0. The van der Waals surface area contributed by atoms with Gasteiger partial charge in [0, 0.05) is 44.0 Å². The number of rotatable bonds is 5. The lowest BCUT2D eigenvalue weighted by molar-refractivity contribution is 0.486. The van der Waals surface area contributed by atoms with E-state index in [-0.39, 0.29) is 16.3 Å². The monoisotopic (exact) mass is 551 g/mol. The van der Waals surface area contributed by atoms with Crippen molar-refractivity contribution in [2.75, 3.05) is 0 Å². The van der Waals surface area contributed by atoms with Gasteiger partial charge in [-0.2, -0.15) is 8.42 Å². The second-order valence-electron chi connectivity index (χ2n) is 8.79. The van der Waals surface area contributed by atoms with Crippen LogP contribution in [0.15, 0.2) is 69.8 Å². The van der Waals surface area contributed by atoms with Crippen molar-refractivity contribution >= 4 is 44.0 Å². The van der Waals surface area contributed by atoms with Crippen LogP contribution in [-0.2, 0) is 16.7 Å². The maximum absolute atomic E-state index is 13.7. The molecule has 0 bridgehead atoms. The second-order valence-corrected chi connectivity index (χ2v) is 12.1. The first-order chi connectivity index (χ1) is 17.5. The first-order valence-electron chi connectivity index (χ1n) is 11.3. The predicted molar refractivity (Wildman–Crippen MR) is 147 cm³/mol. The van der Waals surface area contributed by atoms with E-state index in [2.05, 4.69) is 9.97 Å². The van der Waals surface area contributed by atoms with Crippen molar-refractivity contribution in [2.45, 2.75) is 31.5 Å². The summed E-state index contributed by atoms with van der Waals surface area (Å²) in [5, 5.41) is 1.16. The molecule has 0 spiro atoms. The van der Waals surface area contributed by atoms with Crippen molar-refractivity contribution in [3.05, 3.63) is 98.0 Å². The van der Waals surface area contributed by atoms with Crippen LogP contribution in [0.2, 0.25) is 5.02 Å². The summed E-state index contributed by atoms with van der Waals surface area (Å²) in [6.07, 6.45) is 1.65. The fraction of sp³-hybridized carbons (Fsp3) is 0.148. The Bertz CT molecular complexity index is 1850. The topological polar surface area (TPSA) is 102 Å². The Morgan fingerprint density at radius 3 is 2.46 bits per heavy atom. The zero-order chi connectivity index (χ0) is 26.5. The highest BCUT2D eigenvalue weighted by Crippen LogP contribution is 2.38. The second kappa shape index (κ2) is 9.50. The maximum atomic E-state index is 13.7. The average Bonchev–Trinajstić information content (AvgIpc) is 3.23. The summed E-state index contributed by atoms with van der Waals surface area (Å²) in [6.45, 7) is 5.78. The molecule has 0 atom stereocenters. The van der Waals surface area contributed by atoms with Gasteiger partial charge in [-0.15, -0.1) is 11.3 Å². The number of benzene rings is 1. The van der Waals surface area contributed by atoms with Gasteiger partial charge >= 0.3 is 10.1 Å². The van der Waals surface area contributed by atoms with Gasteiger partial charge in [-0.05, 0) is 62.7 Å². The van der Waals surface area contributed by atoms with Gasteiger partial charge in [0.1, 0.15) is 0 Å². The number of halogens is 1. The number of thiophene rings is 1. The number of fused-ring (bicyclic) bond motifs is 1. The van der Waals surface area contributed by atoms with E-state index in [9.17, 15) is 17.8 Å². The van der Waals surface area contributed by atoms with Crippen LogP contribution in [0.4, 0.5) is 0 Å². The molecule has 5 rings (SSSR count). The molecule has 0 aliphatic carbocycles. The lowest BCUT2D eigenvalue weighted by Gasteiger charge is -2.16. The van der Waals surface area contributed by atoms with Crippen LogP contribution in [0.3, 0.4) is 0 Å². The lowest BCUT2D eigenvalue weighted by Crippen LogP contribution is -2.23. The van der Waals surface area contributed by atoms with Gasteiger partial charge in [0.25, 0.3) is 5.56 Å². The quantitative estimate of drug-likeness (QED) is 0.266. The van der Waals surface area contributed by atoms with Crippen LogP contribution in [0.5, 0.6) is 0 Å². The number of hydrogen-bond acceptors (Lipinski definition) is 6. The van der Waals surface area contributed by atoms with Crippen molar-refractivity contribution in [3.8, 4) is 22.4 Å². The molecular formula is C27H22ClN3O4S2. The van der Waals surface area contributed by atoms with Crippen molar-refractivity contribution in [1.82, 2.24) is 14.5 Å². The Balaban J connectivity index is 1.66. The fourth-order valence-electron chi connectivity index (χ4n) is 4.47. The van der Waals surface area contributed by atoms with Crippen LogP contribution in [-0.4, -0.2) is 27.5 Å². The normalized spacial score (nSPS) is 11.8. The van der Waals surface area contributed by atoms with E-state index in [1.165, 1.54) is 0 Å². The van der Waals surface area contributed by atoms with E-state index in [0.717, 1.165) is 44.1 Å². The van der Waals surface area contributed by atoms with Gasteiger partial charge in [-0.3, -0.25) is 19.3 Å². The largest absolute Gasteiger partial charge is 0.304 e. The molecule has 0 fully saturated rings. The molecule has 4 aromatic heterocycles. The molecular weight excluding hydrogens is 530 g/mol. The van der Waals surface area contributed by atoms with Crippen molar-refractivity contribution in [3.63, 3.8) is 0 Å². The number of hydrogen-bond donors (Lipinski definition) is 1. The minimum absolute atomic E-state index is 0.150. The summed E-state index contributed by atoms with van der Waals surface area (Å²) in [5.41, 5.74) is 4.77. The van der Waals surface area contributed by atoms with Crippen LogP contribution in [0.25, 0.3) is 33.3 Å². The first-order valence-corrected chi connectivity index (χ1v) is 14.0. The standard InChI is InChI=1S/C27H22ClN3O4S2/c1-15-10-25-20(17(3)30-15)13-22(24-6-4-5-9-29-24)26(32)31(25)14-18-7-8-19(23(28)12-18)21-11-16(2)36-27(21)37(33,34)35/h4-13H,14H2,1-3H3,(H,33,34,35). The first kappa shape index (κ1) is 25.3. The van der Waals surface area contributed by atoms with Gasteiger partial charge in [-0.1, -0.05) is 29.8 Å². The molecule has 0 saturated carbocycles. The Hall–Kier alpha value is -3.37. The van der Waals surface area contributed by atoms with Crippen molar-refractivity contribution in [2.24, 2.45) is 0 Å². The molecule has 5 aromatic rings. The molecule has 4 heterocycles. The van der Waals surface area contributed by atoms with Crippen LogP contribution >= 0.6 is 22.9 Å². The summed E-state index contributed by atoms with van der Waals surface area (Å²) in [6, 6.07) is 16.1. The van der Waals surface area contributed by atoms with E-state index in [1.54, 1.807) is 54.1 Å². The Labute approximate surface area is 222 Å². The number of aromatic nitrogens is 3. The van der Waals surface area contributed by atoms with E-state index in [1.807, 2.05) is 32.0 Å². The van der Waals surface area contributed by atoms with E-state index in [4.69, 9.17) is 11.6 Å². The van der Waals surface area contributed by atoms with Gasteiger partial charge in [0.05, 0.1) is 23.3 Å². The Kier molecular flexibility index (Phi) is 6.49. The summed E-state index contributed by atoms with van der Waals surface area (Å²) < 4.78 is 35.0. The van der Waals surface area contributed by atoms with Gasteiger partial charge in [0.15, 0.2) is 4.21 Å². The fourth-order valence-corrected chi connectivity index (χ4v) is 6.79. The zero-order valence-corrected chi connectivity index (χ0v) is 22.6. The SMILES string of the molecule is Cc1cc2c(cc(-c3ccccn3)c(=O)n2Cc2ccc(-c3cc(C)sc3S(=O)(=O)O)c(Cl)c2)c(C)n1. The molecule has 37 heavy (non-hydrogen) atoms. The molecule has 7 nitrogen and oxygen atoms in total. The zero-order valence-electron chi connectivity index (χ0n) is 20.2. The highest BCUT2D eigenvalue weighted by atomic mass is 35.5. The summed E-state index contributed by atoms with van der Waals surface area (Å²) in [7, 11) is -4.40. The molecule has 0 unspecified atom stereocenters. The van der Waals surface area contributed by atoms with Gasteiger partial charge < -0.3 is 4.57 Å². The highest BCUT2D eigenvalue weighted by molar-refractivity contribution is 7.88. The Morgan fingerprint density at radius 1 is 1.00 bits per heavy atom. The van der Waals surface area contributed by atoms with E-state index >= 15 is 0 Å². The molecule has 0 aliphatic heterocycles. The van der Waals surface area contributed by atoms with E-state index < -0.39 is 10.1 Å². The summed E-state index contributed by atoms with van der Waals surface area (Å²) in [4.78, 5) is 23.4. The van der Waals surface area contributed by atoms with E-state index in [0.29, 0.717) is 27.4 Å². The third kappa shape index (κ3) is 4.83. The minimum atomic E-state index is -4.40. The van der Waals surface area contributed by atoms with Crippen LogP contribution in [0.1, 0.15) is 21.8 Å². The third-order valence-electron chi connectivity index (χ3n) is 6.07. The van der Waals surface area contributed by atoms with Gasteiger partial charge in [-0.25, -0.2) is 0 Å². The lowest BCUT2D eigenvalue weighted by atomic mass is 10.0. The smallest absolute Gasteiger partial charge is 0.303 e. The number of aryl methyl sites for hydroxylation is 3. The highest BCUT2D eigenvalue weighted by Gasteiger charge is 2.22.